The molecule has 0 saturated heterocycles. The van der Waals surface area contributed by atoms with Gasteiger partial charge in [-0.1, -0.05) is 24.0 Å². The SMILES string of the molecule is [B]Cc1ccc(OC(C)=O)cc1. The number of rotatable bonds is 2. The van der Waals surface area contributed by atoms with E-state index in [0.29, 0.717) is 12.1 Å². The van der Waals surface area contributed by atoms with Gasteiger partial charge in [0, 0.05) is 6.92 Å². The molecule has 12 heavy (non-hydrogen) atoms. The second-order valence-corrected chi connectivity index (χ2v) is 2.44. The van der Waals surface area contributed by atoms with Gasteiger partial charge < -0.3 is 4.74 Å². The molecule has 60 valence electrons. The van der Waals surface area contributed by atoms with Crippen LogP contribution in [0.25, 0.3) is 0 Å². The molecule has 0 aliphatic carbocycles. The fourth-order valence-corrected chi connectivity index (χ4v) is 0.860. The Balaban J connectivity index is 2.71. The van der Waals surface area contributed by atoms with E-state index >= 15 is 0 Å². The Morgan fingerprint density at radius 1 is 1.42 bits per heavy atom. The van der Waals surface area contributed by atoms with Crippen LogP contribution in [0.1, 0.15) is 12.5 Å². The van der Waals surface area contributed by atoms with Crippen molar-refractivity contribution in [2.24, 2.45) is 0 Å². The van der Waals surface area contributed by atoms with Crippen LogP contribution in [0, 0.1) is 0 Å². The summed E-state index contributed by atoms with van der Waals surface area (Å²) in [4.78, 5) is 10.5. The molecule has 2 nitrogen and oxygen atoms in total. The quantitative estimate of drug-likeness (QED) is 0.370. The van der Waals surface area contributed by atoms with Crippen molar-refractivity contribution >= 4 is 13.8 Å². The number of hydrogen-bond donors (Lipinski definition) is 0. The van der Waals surface area contributed by atoms with Crippen molar-refractivity contribution in [2.45, 2.75) is 13.2 Å². The zero-order valence-corrected chi connectivity index (χ0v) is 6.91. The lowest BCUT2D eigenvalue weighted by Gasteiger charge is -2.01. The highest BCUT2D eigenvalue weighted by molar-refractivity contribution is 6.08. The molecule has 1 rings (SSSR count). The molecular weight excluding hydrogens is 151 g/mol. The van der Waals surface area contributed by atoms with E-state index < -0.39 is 0 Å². The molecule has 0 spiro atoms. The molecule has 1 aromatic carbocycles. The molecule has 0 saturated carbocycles. The van der Waals surface area contributed by atoms with Gasteiger partial charge in [-0.2, -0.15) is 0 Å². The first-order valence-corrected chi connectivity index (χ1v) is 3.70. The van der Waals surface area contributed by atoms with Crippen molar-refractivity contribution in [3.63, 3.8) is 0 Å². The lowest BCUT2D eigenvalue weighted by Crippen LogP contribution is -2.01. The average Bonchev–Trinajstić information content (AvgIpc) is 2.05. The van der Waals surface area contributed by atoms with E-state index in [1.165, 1.54) is 6.92 Å². The first kappa shape index (κ1) is 8.85. The zero-order chi connectivity index (χ0) is 8.97. The van der Waals surface area contributed by atoms with Crippen LogP contribution in [0.3, 0.4) is 0 Å². The molecule has 0 fully saturated rings. The Kier molecular flexibility index (Phi) is 2.91. The van der Waals surface area contributed by atoms with Crippen molar-refractivity contribution < 1.29 is 9.53 Å². The largest absolute Gasteiger partial charge is 0.427 e. The van der Waals surface area contributed by atoms with Gasteiger partial charge in [-0.05, 0) is 12.1 Å². The highest BCUT2D eigenvalue weighted by Gasteiger charge is 1.96. The Hall–Kier alpha value is -1.25. The summed E-state index contributed by atoms with van der Waals surface area (Å²) < 4.78 is 4.83. The van der Waals surface area contributed by atoms with E-state index in [9.17, 15) is 4.79 Å². The number of hydrogen-bond acceptors (Lipinski definition) is 2. The lowest BCUT2D eigenvalue weighted by atomic mass is 9.97. The Labute approximate surface area is 73.0 Å². The predicted octanol–water partition coefficient (Wildman–Crippen LogP) is 1.28. The van der Waals surface area contributed by atoms with E-state index in [-0.39, 0.29) is 5.97 Å². The third-order valence-corrected chi connectivity index (χ3v) is 1.42. The highest BCUT2D eigenvalue weighted by Crippen LogP contribution is 2.11. The van der Waals surface area contributed by atoms with Gasteiger partial charge in [-0.15, -0.1) is 0 Å². The van der Waals surface area contributed by atoms with E-state index in [4.69, 9.17) is 12.6 Å². The van der Waals surface area contributed by atoms with Crippen LogP contribution in [0.5, 0.6) is 5.75 Å². The maximum absolute atomic E-state index is 10.5. The minimum Gasteiger partial charge on any atom is -0.427 e. The average molecular weight is 160 g/mol. The Morgan fingerprint density at radius 3 is 2.42 bits per heavy atom. The molecule has 0 aliphatic rings. The molecule has 0 aliphatic heterocycles. The van der Waals surface area contributed by atoms with Crippen molar-refractivity contribution in [1.29, 1.82) is 0 Å². The number of esters is 1. The minimum absolute atomic E-state index is 0.310. The Morgan fingerprint density at radius 2 is 2.00 bits per heavy atom. The second kappa shape index (κ2) is 3.95. The number of ether oxygens (including phenoxy) is 1. The van der Waals surface area contributed by atoms with Crippen molar-refractivity contribution in [3.8, 4) is 5.75 Å². The molecule has 0 N–H and O–H groups in total. The monoisotopic (exact) mass is 160 g/mol. The fourth-order valence-electron chi connectivity index (χ4n) is 0.860. The van der Waals surface area contributed by atoms with Crippen LogP contribution in [0.4, 0.5) is 0 Å². The molecule has 0 atom stereocenters. The zero-order valence-electron chi connectivity index (χ0n) is 6.91. The van der Waals surface area contributed by atoms with Crippen molar-refractivity contribution in [3.05, 3.63) is 29.8 Å². The number of carbonyl (C=O) groups excluding carboxylic acids is 1. The fraction of sp³-hybridized carbons (Fsp3) is 0.222. The van der Waals surface area contributed by atoms with Crippen LogP contribution < -0.4 is 4.74 Å². The third kappa shape index (κ3) is 2.42. The number of benzene rings is 1. The summed E-state index contributed by atoms with van der Waals surface area (Å²) in [5, 5.41) is 0. The second-order valence-electron chi connectivity index (χ2n) is 2.44. The first-order chi connectivity index (χ1) is 5.72. The van der Waals surface area contributed by atoms with E-state index in [1.54, 1.807) is 12.1 Å². The van der Waals surface area contributed by atoms with Gasteiger partial charge in [0.2, 0.25) is 0 Å². The molecule has 3 heteroatoms. The van der Waals surface area contributed by atoms with Gasteiger partial charge in [-0.25, -0.2) is 0 Å². The maximum atomic E-state index is 10.5. The first-order valence-electron chi connectivity index (χ1n) is 3.70. The molecule has 0 bridgehead atoms. The van der Waals surface area contributed by atoms with Gasteiger partial charge in [-0.3, -0.25) is 4.79 Å². The normalized spacial score (nSPS) is 9.42. The summed E-state index contributed by atoms with van der Waals surface area (Å²) in [5.41, 5.74) is 1.02. The van der Waals surface area contributed by atoms with Crippen LogP contribution in [-0.2, 0) is 11.1 Å². The van der Waals surface area contributed by atoms with Crippen molar-refractivity contribution in [2.75, 3.05) is 0 Å². The smallest absolute Gasteiger partial charge is 0.308 e. The molecule has 1 aromatic rings. The van der Waals surface area contributed by atoms with Gasteiger partial charge in [0.1, 0.15) is 5.75 Å². The maximum Gasteiger partial charge on any atom is 0.308 e. The topological polar surface area (TPSA) is 26.3 Å². The molecular formula is C9H9BO2. The lowest BCUT2D eigenvalue weighted by molar-refractivity contribution is -0.131. The van der Waals surface area contributed by atoms with Gasteiger partial charge in [0.05, 0.1) is 7.85 Å². The Bertz CT molecular complexity index is 266. The van der Waals surface area contributed by atoms with Gasteiger partial charge in [0.15, 0.2) is 0 Å². The standard InChI is InChI=1S/C9H9BO2/c1-7(11)12-9-4-2-8(6-10)3-5-9/h2-5H,6H2,1H3. The molecule has 0 heterocycles. The molecule has 0 aromatic heterocycles. The minimum atomic E-state index is -0.310. The molecule has 0 amide bonds. The summed E-state index contributed by atoms with van der Waals surface area (Å²) in [6.07, 6.45) is 0.500. The molecule has 0 unspecified atom stereocenters. The van der Waals surface area contributed by atoms with Crippen LogP contribution in [0.2, 0.25) is 0 Å². The summed E-state index contributed by atoms with van der Waals surface area (Å²) in [5.74, 6) is 0.246. The van der Waals surface area contributed by atoms with Gasteiger partial charge >= 0.3 is 5.97 Å². The highest BCUT2D eigenvalue weighted by atomic mass is 16.5. The molecule has 2 radical (unpaired) electrons. The van der Waals surface area contributed by atoms with E-state index in [0.717, 1.165) is 5.56 Å². The third-order valence-electron chi connectivity index (χ3n) is 1.42. The summed E-state index contributed by atoms with van der Waals surface area (Å²) in [6, 6.07) is 7.11. The van der Waals surface area contributed by atoms with E-state index in [1.807, 2.05) is 12.1 Å². The van der Waals surface area contributed by atoms with Crippen LogP contribution >= 0.6 is 0 Å². The predicted molar refractivity (Wildman–Crippen MR) is 47.2 cm³/mol. The number of carbonyl (C=O) groups is 1. The van der Waals surface area contributed by atoms with Crippen LogP contribution in [0.15, 0.2) is 24.3 Å². The van der Waals surface area contributed by atoms with Crippen molar-refractivity contribution in [1.82, 2.24) is 0 Å². The summed E-state index contributed by atoms with van der Waals surface area (Å²) in [7, 11) is 5.39. The summed E-state index contributed by atoms with van der Waals surface area (Å²) >= 11 is 0. The van der Waals surface area contributed by atoms with Gasteiger partial charge in [0.25, 0.3) is 0 Å². The van der Waals surface area contributed by atoms with E-state index in [2.05, 4.69) is 0 Å². The van der Waals surface area contributed by atoms with Crippen LogP contribution in [-0.4, -0.2) is 13.8 Å². The summed E-state index contributed by atoms with van der Waals surface area (Å²) in [6.45, 7) is 1.37.